The van der Waals surface area contributed by atoms with Crippen LogP contribution in [0.3, 0.4) is 0 Å². The molecule has 0 fully saturated rings. The van der Waals surface area contributed by atoms with Gasteiger partial charge in [0.25, 0.3) is 5.24 Å². The van der Waals surface area contributed by atoms with Crippen molar-refractivity contribution in [1.82, 2.24) is 5.32 Å². The van der Waals surface area contributed by atoms with Crippen LogP contribution in [0.15, 0.2) is 35.5 Å². The van der Waals surface area contributed by atoms with Crippen molar-refractivity contribution < 1.29 is 14.3 Å². The number of ether oxygens (including phenoxy) is 1. The lowest BCUT2D eigenvalue weighted by atomic mass is 9.85. The van der Waals surface area contributed by atoms with Crippen LogP contribution in [0, 0.1) is 11.3 Å². The van der Waals surface area contributed by atoms with Gasteiger partial charge in [0.2, 0.25) is 5.91 Å². The minimum absolute atomic E-state index is 0.161. The molecule has 1 atom stereocenters. The zero-order valence-corrected chi connectivity index (χ0v) is 12.8. The zero-order chi connectivity index (χ0) is 16.1. The molecule has 0 aromatic heterocycles. The van der Waals surface area contributed by atoms with Crippen molar-refractivity contribution in [2.45, 2.75) is 12.3 Å². The number of nitrogens with zero attached hydrogens (tertiary/aromatic N) is 1. The second-order valence-electron chi connectivity index (χ2n) is 4.66. The van der Waals surface area contributed by atoms with Gasteiger partial charge in [-0.1, -0.05) is 30.0 Å². The topological polar surface area (TPSA) is 105 Å². The average Bonchev–Trinajstić information content (AvgIpc) is 2.52. The van der Waals surface area contributed by atoms with E-state index in [2.05, 4.69) is 11.4 Å². The Hall–Kier alpha value is -2.46. The summed E-state index contributed by atoms with van der Waals surface area (Å²) in [5, 5.41) is 11.6. The van der Waals surface area contributed by atoms with Gasteiger partial charge in [-0.15, -0.1) is 0 Å². The minimum atomic E-state index is -0.557. The number of allylic oxidation sites excluding steroid dienone is 1. The molecular formula is C15H15N3O3S. The van der Waals surface area contributed by atoms with Crippen LogP contribution < -0.4 is 15.8 Å². The van der Waals surface area contributed by atoms with E-state index in [1.807, 2.05) is 18.2 Å². The Morgan fingerprint density at radius 3 is 2.91 bits per heavy atom. The third-order valence-corrected chi connectivity index (χ3v) is 4.06. The number of para-hydroxylation sites is 1. The highest BCUT2D eigenvalue weighted by Crippen LogP contribution is 2.37. The molecule has 1 heterocycles. The lowest BCUT2D eigenvalue weighted by Gasteiger charge is -2.26. The summed E-state index contributed by atoms with van der Waals surface area (Å²) < 4.78 is 5.32. The first-order chi connectivity index (χ1) is 10.6. The first kappa shape index (κ1) is 15.9. The monoisotopic (exact) mass is 317 g/mol. The number of rotatable bonds is 4. The van der Waals surface area contributed by atoms with E-state index in [0.717, 1.165) is 17.3 Å². The molecule has 114 valence electrons. The lowest BCUT2D eigenvalue weighted by Crippen LogP contribution is -2.33. The molecule has 1 aliphatic heterocycles. The van der Waals surface area contributed by atoms with Crippen LogP contribution in [0.4, 0.5) is 4.79 Å². The highest BCUT2D eigenvalue weighted by atomic mass is 32.2. The van der Waals surface area contributed by atoms with Crippen LogP contribution in [0.25, 0.3) is 0 Å². The Morgan fingerprint density at radius 1 is 1.55 bits per heavy atom. The van der Waals surface area contributed by atoms with Crippen LogP contribution >= 0.6 is 11.8 Å². The summed E-state index contributed by atoms with van der Waals surface area (Å²) in [7, 11) is 1.54. The van der Waals surface area contributed by atoms with E-state index in [4.69, 9.17) is 10.5 Å². The van der Waals surface area contributed by atoms with Crippen molar-refractivity contribution in [1.29, 1.82) is 5.26 Å². The third-order valence-electron chi connectivity index (χ3n) is 3.35. The van der Waals surface area contributed by atoms with Gasteiger partial charge in [-0.25, -0.2) is 0 Å². The summed E-state index contributed by atoms with van der Waals surface area (Å²) in [4.78, 5) is 22.9. The lowest BCUT2D eigenvalue weighted by molar-refractivity contribution is -0.121. The second-order valence-corrected chi connectivity index (χ2v) is 5.64. The number of carbonyl (C=O) groups is 2. The molecule has 0 bridgehead atoms. The largest absolute Gasteiger partial charge is 0.496 e. The molecule has 3 N–H and O–H groups in total. The average molecular weight is 317 g/mol. The fraction of sp³-hybridized carbons (Fsp3) is 0.267. The molecule has 1 unspecified atom stereocenters. The quantitative estimate of drug-likeness (QED) is 0.882. The predicted molar refractivity (Wildman–Crippen MR) is 83.2 cm³/mol. The van der Waals surface area contributed by atoms with Crippen molar-refractivity contribution in [3.8, 4) is 11.8 Å². The molecule has 0 saturated carbocycles. The number of primary amides is 1. The first-order valence-corrected chi connectivity index (χ1v) is 7.53. The molecule has 22 heavy (non-hydrogen) atoms. The van der Waals surface area contributed by atoms with Crippen molar-refractivity contribution in [2.24, 2.45) is 5.73 Å². The number of thioether (sulfide) groups is 1. The maximum atomic E-state index is 11.9. The molecule has 1 aromatic rings. The molecule has 0 saturated heterocycles. The number of hydrogen-bond acceptors (Lipinski definition) is 5. The van der Waals surface area contributed by atoms with E-state index >= 15 is 0 Å². The van der Waals surface area contributed by atoms with Gasteiger partial charge in [-0.05, 0) is 6.07 Å². The van der Waals surface area contributed by atoms with Gasteiger partial charge in [0, 0.05) is 29.4 Å². The normalized spacial score (nSPS) is 17.6. The maximum absolute atomic E-state index is 11.9. The number of nitriles is 1. The van der Waals surface area contributed by atoms with Crippen LogP contribution in [0.5, 0.6) is 5.75 Å². The number of methoxy groups -OCH3 is 1. The number of hydrogen-bond donors (Lipinski definition) is 2. The Morgan fingerprint density at radius 2 is 2.27 bits per heavy atom. The summed E-state index contributed by atoms with van der Waals surface area (Å²) in [5.74, 6) is 0.195. The van der Waals surface area contributed by atoms with Gasteiger partial charge in [-0.2, -0.15) is 5.26 Å². The Bertz CT molecular complexity index is 679. The standard InChI is InChI=1S/C15H15N3O3S/c1-21-13-5-3-2-4-9(13)10-6-14(19)18-12(11(10)7-16)8-22-15(17)20/h2-5,10H,6,8H2,1H3,(H2,17,20)(H,18,19). The SMILES string of the molecule is COc1ccccc1C1CC(=O)NC(CSC(N)=O)=C1C#N. The number of carbonyl (C=O) groups excluding carboxylic acids is 2. The Labute approximate surface area is 132 Å². The molecule has 1 aliphatic rings. The van der Waals surface area contributed by atoms with Gasteiger partial charge in [0.1, 0.15) is 5.75 Å². The Balaban J connectivity index is 2.44. The number of nitrogens with one attached hydrogen (secondary N) is 1. The highest BCUT2D eigenvalue weighted by molar-refractivity contribution is 8.13. The van der Waals surface area contributed by atoms with Gasteiger partial charge >= 0.3 is 0 Å². The minimum Gasteiger partial charge on any atom is -0.496 e. The summed E-state index contributed by atoms with van der Waals surface area (Å²) in [6, 6.07) is 9.41. The van der Waals surface area contributed by atoms with Gasteiger partial charge in [0.05, 0.1) is 18.8 Å². The van der Waals surface area contributed by atoms with Crippen molar-refractivity contribution in [3.63, 3.8) is 0 Å². The molecule has 7 heteroatoms. The van der Waals surface area contributed by atoms with Gasteiger partial charge in [0.15, 0.2) is 0 Å². The summed E-state index contributed by atoms with van der Waals surface area (Å²) >= 11 is 0.850. The molecule has 6 nitrogen and oxygen atoms in total. The molecule has 0 spiro atoms. The maximum Gasteiger partial charge on any atom is 0.276 e. The van der Waals surface area contributed by atoms with E-state index < -0.39 is 11.2 Å². The highest BCUT2D eigenvalue weighted by Gasteiger charge is 2.31. The van der Waals surface area contributed by atoms with Gasteiger partial charge in [-0.3, -0.25) is 9.59 Å². The van der Waals surface area contributed by atoms with Crippen molar-refractivity contribution in [3.05, 3.63) is 41.1 Å². The third kappa shape index (κ3) is 3.40. The van der Waals surface area contributed by atoms with E-state index in [1.165, 1.54) is 0 Å². The fourth-order valence-electron chi connectivity index (χ4n) is 2.41. The second kappa shape index (κ2) is 7.00. The smallest absolute Gasteiger partial charge is 0.276 e. The van der Waals surface area contributed by atoms with Crippen molar-refractivity contribution in [2.75, 3.05) is 12.9 Å². The summed E-state index contributed by atoms with van der Waals surface area (Å²) in [5.41, 5.74) is 6.74. The molecular weight excluding hydrogens is 302 g/mol. The van der Waals surface area contributed by atoms with Crippen LogP contribution in [-0.4, -0.2) is 24.0 Å². The van der Waals surface area contributed by atoms with E-state index in [0.29, 0.717) is 17.0 Å². The molecule has 2 amide bonds. The predicted octanol–water partition coefficient (Wildman–Crippen LogP) is 1.89. The van der Waals surface area contributed by atoms with E-state index in [9.17, 15) is 14.9 Å². The van der Waals surface area contributed by atoms with Crippen LogP contribution in [0.2, 0.25) is 0 Å². The van der Waals surface area contributed by atoms with Crippen LogP contribution in [-0.2, 0) is 4.79 Å². The molecule has 0 aliphatic carbocycles. The van der Waals surface area contributed by atoms with Gasteiger partial charge < -0.3 is 15.8 Å². The van der Waals surface area contributed by atoms with E-state index in [1.54, 1.807) is 13.2 Å². The number of amides is 2. The number of benzene rings is 1. The zero-order valence-electron chi connectivity index (χ0n) is 12.0. The van der Waals surface area contributed by atoms with Crippen LogP contribution in [0.1, 0.15) is 17.9 Å². The number of nitrogens with two attached hydrogens (primary N) is 1. The molecule has 0 radical (unpaired) electrons. The molecule has 1 aromatic carbocycles. The molecule has 2 rings (SSSR count). The summed E-state index contributed by atoms with van der Waals surface area (Å²) in [6.45, 7) is 0. The Kier molecular flexibility index (Phi) is 5.07. The summed E-state index contributed by atoms with van der Waals surface area (Å²) in [6.07, 6.45) is 0.161. The fourth-order valence-corrected chi connectivity index (χ4v) is 2.92. The first-order valence-electron chi connectivity index (χ1n) is 6.55. The van der Waals surface area contributed by atoms with Crippen molar-refractivity contribution >= 4 is 22.9 Å². The van der Waals surface area contributed by atoms with E-state index in [-0.39, 0.29) is 18.1 Å².